The minimum atomic E-state index is -0.239. The molecule has 2 N–H and O–H groups in total. The van der Waals surface area contributed by atoms with E-state index < -0.39 is 0 Å². The standard InChI is InChI=1S/C60H54N20S4/c1-57(2,3)81-53-55(83-59(7,8)9)71-43-41(69-53)49-76-47-39-37(65-33(29-21-13-17-25-61-29)35(67-39)31-23-15-19-27-63-31)45(74-47)73-46-38-40(68-36(32-24-16-20-28-64-32)34(66-38)30-22-14-18-26-62-30)48(75-46)77-50-42-44(52(79-50)80-51(43)78-49)72-56(84-60(10,11)12)54(70-42)82-58(4,5)6/h13-28H,1-12H3,(H2,73,74,75,76,77,78,79,80). The Morgan fingerprint density at radius 1 is 0.262 bits per heavy atom. The number of aromatic amines is 2. The van der Waals surface area contributed by atoms with E-state index in [4.69, 9.17) is 89.7 Å². The van der Waals surface area contributed by atoms with E-state index in [9.17, 15) is 0 Å². The van der Waals surface area contributed by atoms with Gasteiger partial charge in [0.2, 0.25) is 0 Å². The van der Waals surface area contributed by atoms with E-state index in [1.54, 1.807) is 71.8 Å². The number of hydrogen-bond acceptors (Lipinski definition) is 22. The van der Waals surface area contributed by atoms with Crippen LogP contribution in [0.15, 0.2) is 118 Å². The Labute approximate surface area is 499 Å². The monoisotopic (exact) mass is 1180 g/mol. The minimum Gasteiger partial charge on any atom is -0.321 e. The number of H-pyrrole nitrogens is 2. The fraction of sp³-hybridized carbons (Fsp3) is 0.267. The highest BCUT2D eigenvalue weighted by Gasteiger charge is 2.33. The van der Waals surface area contributed by atoms with Crippen LogP contribution in [0.3, 0.4) is 0 Å². The van der Waals surface area contributed by atoms with Gasteiger partial charge < -0.3 is 9.97 Å². The van der Waals surface area contributed by atoms with Crippen molar-refractivity contribution in [3.63, 3.8) is 0 Å². The van der Waals surface area contributed by atoms with Gasteiger partial charge in [-0.05, 0) is 48.5 Å². The minimum absolute atomic E-state index is 0.162. The highest BCUT2D eigenvalue weighted by molar-refractivity contribution is 8.04. The van der Waals surface area contributed by atoms with Gasteiger partial charge in [-0.1, -0.05) is 154 Å². The summed E-state index contributed by atoms with van der Waals surface area (Å²) >= 11 is 6.50. The third-order valence-electron chi connectivity index (χ3n) is 12.2. The summed E-state index contributed by atoms with van der Waals surface area (Å²) in [7, 11) is 0. The molecule has 0 aliphatic carbocycles. The number of aromatic nitrogens is 20. The van der Waals surface area contributed by atoms with E-state index >= 15 is 0 Å². The summed E-state index contributed by atoms with van der Waals surface area (Å²) in [4.78, 5) is 101. The Morgan fingerprint density at radius 3 is 0.774 bits per heavy atom. The van der Waals surface area contributed by atoms with E-state index in [0.29, 0.717) is 102 Å². The summed E-state index contributed by atoms with van der Waals surface area (Å²) in [5, 5.41) is 2.94. The normalized spacial score (nSPS) is 12.7. The van der Waals surface area contributed by atoms with Gasteiger partial charge in [-0.15, -0.1) is 0 Å². The Kier molecular flexibility index (Phi) is 13.6. The zero-order valence-electron chi connectivity index (χ0n) is 47.9. The molecule has 11 aromatic rings. The van der Waals surface area contributed by atoms with E-state index in [-0.39, 0.29) is 53.6 Å². The van der Waals surface area contributed by atoms with Gasteiger partial charge in [0.1, 0.15) is 87.7 Å². The third kappa shape index (κ3) is 11.0. The Bertz CT molecular complexity index is 4600. The molecule has 0 saturated heterocycles. The summed E-state index contributed by atoms with van der Waals surface area (Å²) in [5.74, 6) is 0.809. The lowest BCUT2D eigenvalue weighted by Gasteiger charge is -2.22. The lowest BCUT2D eigenvalue weighted by Crippen LogP contribution is -2.12. The molecular weight excluding hydrogens is 1130 g/mol. The lowest BCUT2D eigenvalue weighted by molar-refractivity contribution is 0.778. The van der Waals surface area contributed by atoms with Crippen LogP contribution in [-0.4, -0.2) is 119 Å². The molecule has 13 heterocycles. The number of fused-ring (bicyclic) bond motifs is 20. The third-order valence-corrected chi connectivity index (χ3v) is 16.8. The first-order valence-corrected chi connectivity index (χ1v) is 30.2. The van der Waals surface area contributed by atoms with Gasteiger partial charge in [-0.25, -0.2) is 69.8 Å². The summed E-state index contributed by atoms with van der Waals surface area (Å²) < 4.78 is -0.945. The maximum Gasteiger partial charge on any atom is 0.184 e. The molecule has 2 aliphatic rings. The number of thioether (sulfide) groups is 4. The number of nitrogens with zero attached hydrogens (tertiary/aromatic N) is 18. The molecule has 418 valence electrons. The van der Waals surface area contributed by atoms with Gasteiger partial charge in [0, 0.05) is 43.8 Å². The van der Waals surface area contributed by atoms with Crippen molar-refractivity contribution in [3.8, 4) is 91.6 Å². The molecule has 0 unspecified atom stereocenters. The highest BCUT2D eigenvalue weighted by atomic mass is 32.2. The summed E-state index contributed by atoms with van der Waals surface area (Å²) in [6.45, 7) is 25.8. The largest absolute Gasteiger partial charge is 0.321 e. The zero-order valence-corrected chi connectivity index (χ0v) is 51.2. The van der Waals surface area contributed by atoms with Crippen LogP contribution < -0.4 is 0 Å². The maximum atomic E-state index is 5.43. The Morgan fingerprint density at radius 2 is 0.512 bits per heavy atom. The number of pyridine rings is 4. The van der Waals surface area contributed by atoms with Gasteiger partial charge in [0.25, 0.3) is 0 Å². The molecule has 0 amide bonds. The van der Waals surface area contributed by atoms with Crippen molar-refractivity contribution in [2.75, 3.05) is 0 Å². The first-order chi connectivity index (χ1) is 40.0. The Balaban J connectivity index is 1.21. The molecule has 20 nitrogen and oxygen atoms in total. The fourth-order valence-electron chi connectivity index (χ4n) is 9.05. The topological polar surface area (TPSA) is 264 Å². The second-order valence-electron chi connectivity index (χ2n) is 23.6. The number of hydrogen-bond donors (Lipinski definition) is 2. The molecule has 8 bridgehead atoms. The quantitative estimate of drug-likeness (QED) is 0.134. The molecule has 0 saturated carbocycles. The van der Waals surface area contributed by atoms with Gasteiger partial charge in [0.15, 0.2) is 45.9 Å². The lowest BCUT2D eigenvalue weighted by atomic mass is 10.1. The van der Waals surface area contributed by atoms with Gasteiger partial charge in [0.05, 0.1) is 22.8 Å². The smallest absolute Gasteiger partial charge is 0.184 e. The van der Waals surface area contributed by atoms with E-state index in [1.165, 1.54) is 0 Å². The summed E-state index contributed by atoms with van der Waals surface area (Å²) in [6.07, 6.45) is 6.85. The van der Waals surface area contributed by atoms with Crippen molar-refractivity contribution < 1.29 is 0 Å². The maximum absolute atomic E-state index is 5.43. The van der Waals surface area contributed by atoms with Crippen molar-refractivity contribution in [2.45, 2.75) is 122 Å². The predicted molar refractivity (Wildman–Crippen MR) is 334 cm³/mol. The van der Waals surface area contributed by atoms with Crippen LogP contribution in [0.2, 0.25) is 0 Å². The molecule has 84 heavy (non-hydrogen) atoms. The van der Waals surface area contributed by atoms with Crippen LogP contribution in [-0.2, 0) is 0 Å². The average Bonchev–Trinajstić information content (AvgIpc) is 2.14. The molecule has 13 rings (SSSR count). The average molecular weight is 1180 g/mol. The first-order valence-electron chi connectivity index (χ1n) is 27.0. The van der Waals surface area contributed by atoms with E-state index in [2.05, 4.69) is 93.1 Å². The van der Waals surface area contributed by atoms with Crippen LogP contribution in [0.25, 0.3) is 136 Å². The second-order valence-corrected chi connectivity index (χ2v) is 30.9. The molecular formula is C60H54N20S4. The summed E-state index contributed by atoms with van der Waals surface area (Å²) in [5.41, 5.74) is 8.34. The second kappa shape index (κ2) is 20.8. The fourth-order valence-corrected chi connectivity index (χ4v) is 12.9. The molecule has 11 aromatic heterocycles. The van der Waals surface area contributed by atoms with Crippen molar-refractivity contribution in [3.05, 3.63) is 97.6 Å². The van der Waals surface area contributed by atoms with Crippen LogP contribution in [0.4, 0.5) is 0 Å². The number of rotatable bonds is 8. The zero-order chi connectivity index (χ0) is 58.5. The van der Waals surface area contributed by atoms with Crippen molar-refractivity contribution in [1.82, 2.24) is 99.7 Å². The molecule has 0 fully saturated rings. The first kappa shape index (κ1) is 54.9. The van der Waals surface area contributed by atoms with Crippen molar-refractivity contribution >= 4 is 91.7 Å². The molecule has 24 heteroatoms. The molecule has 2 aliphatic heterocycles. The van der Waals surface area contributed by atoms with Gasteiger partial charge >= 0.3 is 0 Å². The number of nitrogens with one attached hydrogen (secondary N) is 2. The predicted octanol–water partition coefficient (Wildman–Crippen LogP) is 13.8. The van der Waals surface area contributed by atoms with E-state index in [0.717, 1.165) is 20.1 Å². The molecule has 0 radical (unpaired) electrons. The van der Waals surface area contributed by atoms with Crippen molar-refractivity contribution in [1.29, 1.82) is 0 Å². The molecule has 0 atom stereocenters. The van der Waals surface area contributed by atoms with E-state index in [1.807, 2.05) is 72.8 Å². The SMILES string of the molecule is CC(C)(C)Sc1nc2c(nc1SC(C)(C)C)-c1nc-2nc2[nH]c(nc3nc(nc4[nH]c(n1)c1nc(-c5ccccn5)c(-c5ccccn5)nc41)-c1nc(-c4ccccn4)c(-c4ccccn4)nc1-3)c1nc(SC(C)(C)C)c(SC(C)(C)C)nc21. The van der Waals surface area contributed by atoms with Crippen LogP contribution in [0.5, 0.6) is 0 Å². The Hall–Kier alpha value is -8.32. The highest BCUT2D eigenvalue weighted by Crippen LogP contribution is 2.46. The van der Waals surface area contributed by atoms with Gasteiger partial charge in [-0.2, -0.15) is 0 Å². The molecule has 0 aromatic carbocycles. The van der Waals surface area contributed by atoms with Crippen molar-refractivity contribution in [2.24, 2.45) is 0 Å². The van der Waals surface area contributed by atoms with Crippen LogP contribution >= 0.6 is 47.0 Å². The van der Waals surface area contributed by atoms with Crippen LogP contribution in [0, 0.1) is 0 Å². The molecule has 0 spiro atoms. The summed E-state index contributed by atoms with van der Waals surface area (Å²) in [6, 6.07) is 22.5. The van der Waals surface area contributed by atoms with Gasteiger partial charge in [-0.3, -0.25) is 19.9 Å². The van der Waals surface area contributed by atoms with Crippen LogP contribution in [0.1, 0.15) is 83.1 Å².